The second-order valence-electron chi connectivity index (χ2n) is 8.28. The van der Waals surface area contributed by atoms with Crippen molar-refractivity contribution in [2.75, 3.05) is 19.8 Å². The zero-order chi connectivity index (χ0) is 25.5. The number of amides is 1. The van der Waals surface area contributed by atoms with Crippen LogP contribution in [0.5, 0.6) is 11.5 Å². The van der Waals surface area contributed by atoms with Crippen LogP contribution in [0, 0.1) is 0 Å². The van der Waals surface area contributed by atoms with Gasteiger partial charge in [0, 0.05) is 31.0 Å². The van der Waals surface area contributed by atoms with Gasteiger partial charge in [-0.15, -0.1) is 0 Å². The Hall–Kier alpha value is -4.33. The molecule has 36 heavy (non-hydrogen) atoms. The van der Waals surface area contributed by atoms with Gasteiger partial charge in [0.1, 0.15) is 23.9 Å². The van der Waals surface area contributed by atoms with Crippen molar-refractivity contribution in [3.8, 4) is 11.5 Å². The molecule has 3 aromatic rings. The molecule has 4 rings (SSSR count). The molecule has 1 aliphatic rings. The summed E-state index contributed by atoms with van der Waals surface area (Å²) in [5.41, 5.74) is 1.15. The lowest BCUT2D eigenvalue weighted by molar-refractivity contribution is -0.139. The van der Waals surface area contributed by atoms with Gasteiger partial charge in [0.05, 0.1) is 24.5 Å². The Morgan fingerprint density at radius 1 is 1.11 bits per heavy atom. The van der Waals surface area contributed by atoms with Crippen LogP contribution in [-0.4, -0.2) is 51.0 Å². The summed E-state index contributed by atoms with van der Waals surface area (Å²) in [7, 11) is 0. The lowest BCUT2D eigenvalue weighted by Crippen LogP contribution is -2.31. The number of likely N-dealkylation sites (tertiary alicyclic amines) is 1. The maximum absolute atomic E-state index is 13.2. The number of aryl methyl sites for hydroxylation is 1. The summed E-state index contributed by atoms with van der Waals surface area (Å²) in [5.74, 6) is -0.354. The minimum Gasteiger partial charge on any atom is -0.507 e. The van der Waals surface area contributed by atoms with E-state index in [1.807, 2.05) is 23.8 Å². The Balaban J connectivity index is 1.72. The van der Waals surface area contributed by atoms with Crippen molar-refractivity contribution >= 4 is 17.4 Å². The third-order valence-electron chi connectivity index (χ3n) is 5.89. The molecule has 1 atom stereocenters. The molecule has 0 saturated carbocycles. The molecule has 0 aliphatic carbocycles. The lowest BCUT2D eigenvalue weighted by Gasteiger charge is -2.25. The second kappa shape index (κ2) is 11.4. The van der Waals surface area contributed by atoms with Crippen LogP contribution in [0.1, 0.15) is 30.5 Å². The highest BCUT2D eigenvalue weighted by Gasteiger charge is 2.45. The minimum absolute atomic E-state index is 0.0488. The van der Waals surface area contributed by atoms with Gasteiger partial charge in [-0.25, -0.2) is 4.98 Å². The molecular weight excluding hydrogens is 458 g/mol. The third kappa shape index (κ3) is 5.33. The molecule has 0 radical (unpaired) electrons. The van der Waals surface area contributed by atoms with Gasteiger partial charge in [0.15, 0.2) is 0 Å². The summed E-state index contributed by atoms with van der Waals surface area (Å²) in [6, 6.07) is 13.2. The fraction of sp³-hybridized carbons (Fsp3) is 0.250. The van der Waals surface area contributed by atoms with E-state index in [0.29, 0.717) is 55.4 Å². The monoisotopic (exact) mass is 487 g/mol. The van der Waals surface area contributed by atoms with Crippen LogP contribution >= 0.6 is 0 Å². The van der Waals surface area contributed by atoms with Crippen molar-refractivity contribution in [3.63, 3.8) is 0 Å². The molecule has 1 amide bonds. The number of ketones is 1. The average Bonchev–Trinajstić information content (AvgIpc) is 3.50. The molecule has 2 aromatic carbocycles. The summed E-state index contributed by atoms with van der Waals surface area (Å²) >= 11 is 0. The van der Waals surface area contributed by atoms with E-state index in [1.54, 1.807) is 61.1 Å². The number of rotatable bonds is 11. The van der Waals surface area contributed by atoms with Crippen molar-refractivity contribution in [2.45, 2.75) is 25.9 Å². The molecule has 2 heterocycles. The van der Waals surface area contributed by atoms with Gasteiger partial charge in [-0.1, -0.05) is 24.8 Å². The van der Waals surface area contributed by atoms with Crippen LogP contribution in [0.3, 0.4) is 0 Å². The number of aliphatic hydroxyl groups excluding tert-OH is 1. The molecule has 1 saturated heterocycles. The largest absolute Gasteiger partial charge is 0.507 e. The van der Waals surface area contributed by atoms with E-state index in [4.69, 9.17) is 9.47 Å². The van der Waals surface area contributed by atoms with E-state index in [0.717, 1.165) is 0 Å². The molecule has 186 valence electrons. The molecule has 1 N–H and O–H groups in total. The van der Waals surface area contributed by atoms with E-state index in [1.165, 1.54) is 4.90 Å². The maximum Gasteiger partial charge on any atom is 0.295 e. The number of nitrogens with zero attached hydrogens (tertiary/aromatic N) is 3. The molecule has 0 unspecified atom stereocenters. The molecule has 0 bridgehead atoms. The number of ether oxygens (including phenoxy) is 2. The van der Waals surface area contributed by atoms with Crippen LogP contribution in [0.2, 0.25) is 0 Å². The quantitative estimate of drug-likeness (QED) is 0.187. The third-order valence-corrected chi connectivity index (χ3v) is 5.89. The normalized spacial score (nSPS) is 16.8. The van der Waals surface area contributed by atoms with E-state index in [9.17, 15) is 14.7 Å². The molecular formula is C28H29N3O5. The fourth-order valence-corrected chi connectivity index (χ4v) is 4.26. The summed E-state index contributed by atoms with van der Waals surface area (Å²) in [4.78, 5) is 32.0. The van der Waals surface area contributed by atoms with Gasteiger partial charge in [0.2, 0.25) is 0 Å². The van der Waals surface area contributed by atoms with Gasteiger partial charge < -0.3 is 24.0 Å². The number of imidazole rings is 1. The number of hydrogen-bond acceptors (Lipinski definition) is 6. The summed E-state index contributed by atoms with van der Waals surface area (Å²) < 4.78 is 13.1. The summed E-state index contributed by atoms with van der Waals surface area (Å²) in [5, 5.41) is 11.2. The number of carbonyl (C=O) groups excluding carboxylic acids is 2. The number of benzene rings is 2. The van der Waals surface area contributed by atoms with Gasteiger partial charge in [-0.05, 0) is 55.3 Å². The van der Waals surface area contributed by atoms with Gasteiger partial charge in [-0.3, -0.25) is 9.59 Å². The van der Waals surface area contributed by atoms with Crippen molar-refractivity contribution in [2.24, 2.45) is 0 Å². The fourth-order valence-electron chi connectivity index (χ4n) is 4.26. The second-order valence-corrected chi connectivity index (χ2v) is 8.28. The zero-order valence-corrected chi connectivity index (χ0v) is 20.2. The first-order chi connectivity index (χ1) is 17.5. The van der Waals surface area contributed by atoms with E-state index >= 15 is 0 Å². The Labute approximate surface area is 210 Å². The van der Waals surface area contributed by atoms with E-state index in [-0.39, 0.29) is 11.3 Å². The molecule has 1 aromatic heterocycles. The Kier molecular flexibility index (Phi) is 7.85. The minimum atomic E-state index is -0.758. The van der Waals surface area contributed by atoms with Crippen LogP contribution in [0.25, 0.3) is 5.76 Å². The Morgan fingerprint density at radius 2 is 1.92 bits per heavy atom. The Morgan fingerprint density at radius 3 is 2.61 bits per heavy atom. The number of Topliss-reactive ketones (excluding diaryl/α,β-unsaturated/α-hetero) is 1. The predicted octanol–water partition coefficient (Wildman–Crippen LogP) is 4.36. The van der Waals surface area contributed by atoms with Gasteiger partial charge in [0.25, 0.3) is 11.7 Å². The van der Waals surface area contributed by atoms with Crippen LogP contribution in [0.15, 0.2) is 85.5 Å². The van der Waals surface area contributed by atoms with E-state index in [2.05, 4.69) is 11.6 Å². The van der Waals surface area contributed by atoms with Gasteiger partial charge >= 0.3 is 0 Å². The predicted molar refractivity (Wildman–Crippen MR) is 136 cm³/mol. The molecule has 1 aliphatic heterocycles. The smallest absolute Gasteiger partial charge is 0.295 e. The van der Waals surface area contributed by atoms with Crippen LogP contribution < -0.4 is 9.47 Å². The number of hydrogen-bond donors (Lipinski definition) is 1. The zero-order valence-electron chi connectivity index (χ0n) is 20.2. The van der Waals surface area contributed by atoms with Crippen molar-refractivity contribution in [3.05, 3.63) is 96.6 Å². The standard InChI is InChI=1S/C28H29N3O5/c1-3-17-36-23-8-5-7-21(18-23)25-24(26(32)20-9-11-22(12-10-20)35-4-2)27(33)28(34)31(25)15-6-14-30-16-13-29-19-30/h3,5,7-13,16,18-19,25,32H,1,4,6,14-15,17H2,2H3/t25-/m1/s1. The van der Waals surface area contributed by atoms with E-state index < -0.39 is 17.7 Å². The first-order valence-electron chi connectivity index (χ1n) is 11.8. The molecule has 1 fully saturated rings. The lowest BCUT2D eigenvalue weighted by atomic mass is 9.95. The maximum atomic E-state index is 13.2. The highest BCUT2D eigenvalue weighted by atomic mass is 16.5. The first kappa shape index (κ1) is 24.8. The number of aromatic nitrogens is 2. The molecule has 0 spiro atoms. The SMILES string of the molecule is C=CCOc1cccc([C@@H]2C(=C(O)c3ccc(OCC)cc3)C(=O)C(=O)N2CCCn2ccnc2)c1. The topological polar surface area (TPSA) is 93.9 Å². The van der Waals surface area contributed by atoms with Crippen molar-refractivity contribution in [1.82, 2.24) is 14.5 Å². The van der Waals surface area contributed by atoms with Crippen LogP contribution in [0.4, 0.5) is 0 Å². The van der Waals surface area contributed by atoms with Gasteiger partial charge in [-0.2, -0.15) is 0 Å². The number of carbonyl (C=O) groups is 2. The summed E-state index contributed by atoms with van der Waals surface area (Å²) in [6.45, 7) is 7.35. The average molecular weight is 488 g/mol. The van der Waals surface area contributed by atoms with Crippen LogP contribution in [-0.2, 0) is 16.1 Å². The molecule has 8 nitrogen and oxygen atoms in total. The first-order valence-corrected chi connectivity index (χ1v) is 11.8. The highest BCUT2D eigenvalue weighted by molar-refractivity contribution is 6.46. The van der Waals surface area contributed by atoms with Crippen molar-refractivity contribution in [1.29, 1.82) is 0 Å². The summed E-state index contributed by atoms with van der Waals surface area (Å²) in [6.07, 6.45) is 7.49. The molecule has 8 heteroatoms. The Bertz CT molecular complexity index is 1250. The highest BCUT2D eigenvalue weighted by Crippen LogP contribution is 2.40. The number of aliphatic hydroxyl groups is 1. The van der Waals surface area contributed by atoms with Crippen molar-refractivity contribution < 1.29 is 24.2 Å².